The highest BCUT2D eigenvalue weighted by Gasteiger charge is 2.61. The Labute approximate surface area is 359 Å². The van der Waals surface area contributed by atoms with Gasteiger partial charge in [0.2, 0.25) is 0 Å². The molecule has 2 unspecified atom stereocenters. The minimum absolute atomic E-state index is 0.0263. The van der Waals surface area contributed by atoms with Crippen LogP contribution in [0.3, 0.4) is 0 Å². The Balaban J connectivity index is 1.21. The largest absolute Gasteiger partial charge is 0.335 e. The third-order valence-electron chi connectivity index (χ3n) is 15.3. The number of fused-ring (bicyclic) bond motifs is 11. The van der Waals surface area contributed by atoms with Gasteiger partial charge in [-0.2, -0.15) is 0 Å². The highest BCUT2D eigenvalue weighted by atomic mass is 32.1. The topological polar surface area (TPSA) is 19.4 Å². The van der Waals surface area contributed by atoms with E-state index in [-0.39, 0.29) is 28.5 Å². The molecule has 1 fully saturated rings. The van der Waals surface area contributed by atoms with E-state index in [9.17, 15) is 0 Å². The van der Waals surface area contributed by atoms with Crippen LogP contribution in [0.1, 0.15) is 97.8 Å². The molecule has 8 aromatic rings. The number of anilines is 5. The number of aromatic nitrogens is 1. The first kappa shape index (κ1) is 36.5. The predicted molar refractivity (Wildman–Crippen MR) is 260 cm³/mol. The van der Waals surface area contributed by atoms with E-state index < -0.39 is 0 Å². The molecule has 1 saturated carbocycles. The van der Waals surface area contributed by atoms with E-state index >= 15 is 0 Å². The van der Waals surface area contributed by atoms with E-state index in [0.29, 0.717) is 0 Å². The smallest absolute Gasteiger partial charge is 0.254 e. The number of nitrogens with zero attached hydrogens (tertiary/aromatic N) is 3. The molecule has 2 aromatic heterocycles. The molecular weight excluding hydrogens is 746 g/mol. The van der Waals surface area contributed by atoms with Crippen molar-refractivity contribution in [2.45, 2.75) is 103 Å². The zero-order valence-corrected chi connectivity index (χ0v) is 37.0. The summed E-state index contributed by atoms with van der Waals surface area (Å²) in [6, 6.07) is 44.5. The van der Waals surface area contributed by atoms with Crippen LogP contribution in [0.25, 0.3) is 42.1 Å². The number of para-hydroxylation sites is 1. The second kappa shape index (κ2) is 12.1. The van der Waals surface area contributed by atoms with Gasteiger partial charge in [-0.3, -0.25) is 4.90 Å². The van der Waals surface area contributed by atoms with Crippen LogP contribution in [0, 0.1) is 0 Å². The molecule has 2 atom stereocenters. The molecule has 0 amide bonds. The third kappa shape index (κ3) is 4.70. The molecule has 12 rings (SSSR count). The number of hydrogen-bond acceptors (Lipinski definition) is 4. The minimum Gasteiger partial charge on any atom is -0.335 e. The Bertz CT molecular complexity index is 3150. The van der Waals surface area contributed by atoms with Crippen LogP contribution in [0.4, 0.5) is 28.6 Å². The van der Waals surface area contributed by atoms with Gasteiger partial charge >= 0.3 is 0 Å². The highest BCUT2D eigenvalue weighted by molar-refractivity contribution is 7.26. The molecule has 4 aliphatic rings. The fraction of sp³-hybridized carbons (Fsp3) is 0.291. The van der Waals surface area contributed by atoms with Gasteiger partial charge in [-0.15, -0.1) is 11.3 Å². The zero-order valence-electron chi connectivity index (χ0n) is 36.2. The first-order valence-electron chi connectivity index (χ1n) is 22.1. The second-order valence-electron chi connectivity index (χ2n) is 20.7. The molecule has 5 heteroatoms. The van der Waals surface area contributed by atoms with Crippen molar-refractivity contribution in [3.8, 4) is 11.1 Å². The summed E-state index contributed by atoms with van der Waals surface area (Å²) in [6.07, 6.45) is 7.09. The quantitative estimate of drug-likeness (QED) is 0.162. The Hall–Kier alpha value is -5.39. The van der Waals surface area contributed by atoms with Crippen molar-refractivity contribution in [2.24, 2.45) is 0 Å². The van der Waals surface area contributed by atoms with Gasteiger partial charge in [-0.1, -0.05) is 152 Å². The van der Waals surface area contributed by atoms with Gasteiger partial charge in [-0.05, 0) is 104 Å². The third-order valence-corrected chi connectivity index (χ3v) is 16.5. The Morgan fingerprint density at radius 2 is 1.37 bits per heavy atom. The van der Waals surface area contributed by atoms with E-state index in [2.05, 4.69) is 187 Å². The molecule has 3 nitrogen and oxygen atoms in total. The summed E-state index contributed by atoms with van der Waals surface area (Å²) in [6.45, 7) is 19.3. The molecule has 0 saturated heterocycles. The Morgan fingerprint density at radius 3 is 2.17 bits per heavy atom. The standard InChI is InChI=1S/C55H52BN3S/c1-52(2,3)34-30-45-48-46(31-34)59-49-41(54(7)27-13-14-28-55(54,59)8)21-16-22-42(49)56(48)43-29-33(35-25-26-40(53(4,5)6)37-18-10-9-17-36(35)37)32-57-51(43)58(45)44-23-15-20-39-38-19-11-12-24-47(38)60-50(39)44/h9-12,15-26,29-32H,13-14,27-28H2,1-8H3. The van der Waals surface area contributed by atoms with Gasteiger partial charge in [0.25, 0.3) is 6.71 Å². The molecule has 5 heterocycles. The van der Waals surface area contributed by atoms with Crippen molar-refractivity contribution in [2.75, 3.05) is 9.80 Å². The number of rotatable bonds is 2. The lowest BCUT2D eigenvalue weighted by atomic mass is 9.33. The van der Waals surface area contributed by atoms with Gasteiger partial charge < -0.3 is 4.90 Å². The molecular formula is C55H52BN3S. The fourth-order valence-corrected chi connectivity index (χ4v) is 13.3. The van der Waals surface area contributed by atoms with Gasteiger partial charge in [0.05, 0.1) is 15.9 Å². The maximum Gasteiger partial charge on any atom is 0.254 e. The van der Waals surface area contributed by atoms with Gasteiger partial charge in [0, 0.05) is 49.7 Å². The first-order valence-corrected chi connectivity index (χ1v) is 22.9. The van der Waals surface area contributed by atoms with Crippen molar-refractivity contribution in [1.82, 2.24) is 4.98 Å². The van der Waals surface area contributed by atoms with Gasteiger partial charge in [0.15, 0.2) is 0 Å². The number of benzene rings is 6. The van der Waals surface area contributed by atoms with Crippen LogP contribution < -0.4 is 26.2 Å². The number of hydrogen-bond donors (Lipinski definition) is 0. The molecule has 0 radical (unpaired) electrons. The van der Waals surface area contributed by atoms with Crippen molar-refractivity contribution in [3.05, 3.63) is 138 Å². The Morgan fingerprint density at radius 1 is 0.650 bits per heavy atom. The molecule has 0 N–H and O–H groups in total. The first-order chi connectivity index (χ1) is 28.8. The average Bonchev–Trinajstić information content (AvgIpc) is 3.72. The SMILES string of the molecule is CC(C)(C)c1cc2c3c(c1)N1c4c(cccc4C4(C)CCCCC14C)B3c1cc(-c3ccc(C(C)(C)C)c4ccccc34)cnc1N2c1cccc2c1sc1ccccc12. The van der Waals surface area contributed by atoms with Crippen LogP contribution in [-0.4, -0.2) is 17.2 Å². The molecule has 0 bridgehead atoms. The van der Waals surface area contributed by atoms with Crippen LogP contribution in [0.15, 0.2) is 121 Å². The highest BCUT2D eigenvalue weighted by Crippen LogP contribution is 2.62. The maximum absolute atomic E-state index is 5.68. The van der Waals surface area contributed by atoms with Crippen LogP contribution in [0.2, 0.25) is 0 Å². The molecule has 296 valence electrons. The van der Waals surface area contributed by atoms with Gasteiger partial charge in [0.1, 0.15) is 5.82 Å². The second-order valence-corrected chi connectivity index (χ2v) is 21.7. The van der Waals surface area contributed by atoms with Crippen molar-refractivity contribution >= 4 is 94.0 Å². The maximum atomic E-state index is 5.68. The van der Waals surface area contributed by atoms with Crippen molar-refractivity contribution in [3.63, 3.8) is 0 Å². The lowest BCUT2D eigenvalue weighted by Gasteiger charge is -2.53. The van der Waals surface area contributed by atoms with E-state index in [1.807, 2.05) is 11.3 Å². The molecule has 3 aliphatic heterocycles. The lowest BCUT2D eigenvalue weighted by Crippen LogP contribution is -2.64. The number of thiophene rings is 1. The molecule has 60 heavy (non-hydrogen) atoms. The summed E-state index contributed by atoms with van der Waals surface area (Å²) in [5.41, 5.74) is 16.1. The monoisotopic (exact) mass is 797 g/mol. The van der Waals surface area contributed by atoms with E-state index in [1.54, 1.807) is 0 Å². The summed E-state index contributed by atoms with van der Waals surface area (Å²) in [4.78, 5) is 11.1. The van der Waals surface area contributed by atoms with Crippen LogP contribution in [0.5, 0.6) is 0 Å². The summed E-state index contributed by atoms with van der Waals surface area (Å²) in [7, 11) is 0. The van der Waals surface area contributed by atoms with E-state index in [0.717, 1.165) is 5.82 Å². The van der Waals surface area contributed by atoms with Crippen LogP contribution in [-0.2, 0) is 16.2 Å². The lowest BCUT2D eigenvalue weighted by molar-refractivity contribution is 0.195. The summed E-state index contributed by atoms with van der Waals surface area (Å²) in [5.74, 6) is 1.03. The van der Waals surface area contributed by atoms with Crippen molar-refractivity contribution in [1.29, 1.82) is 0 Å². The minimum atomic E-state index is -0.0650. The molecule has 6 aromatic carbocycles. The van der Waals surface area contributed by atoms with E-state index in [4.69, 9.17) is 4.98 Å². The predicted octanol–water partition coefficient (Wildman–Crippen LogP) is 13.2. The summed E-state index contributed by atoms with van der Waals surface area (Å²) >= 11 is 1.91. The molecule has 0 spiro atoms. The van der Waals surface area contributed by atoms with Crippen LogP contribution >= 0.6 is 11.3 Å². The summed E-state index contributed by atoms with van der Waals surface area (Å²) < 4.78 is 2.62. The Kier molecular flexibility index (Phi) is 7.37. The van der Waals surface area contributed by atoms with E-state index in [1.165, 1.54) is 124 Å². The summed E-state index contributed by atoms with van der Waals surface area (Å²) in [5, 5.41) is 5.22. The normalized spacial score (nSPS) is 20.4. The fourth-order valence-electron chi connectivity index (χ4n) is 12.1. The van der Waals surface area contributed by atoms with Crippen molar-refractivity contribution < 1.29 is 0 Å². The average molecular weight is 798 g/mol. The number of pyridine rings is 1. The zero-order chi connectivity index (χ0) is 41.1. The van der Waals surface area contributed by atoms with Gasteiger partial charge in [-0.25, -0.2) is 4.98 Å². The molecule has 1 aliphatic carbocycles.